The first-order valence-electron chi connectivity index (χ1n) is 9.41. The van der Waals surface area contributed by atoms with E-state index in [1.54, 1.807) is 0 Å². The van der Waals surface area contributed by atoms with Gasteiger partial charge in [0, 0.05) is 31.7 Å². The van der Waals surface area contributed by atoms with Crippen molar-refractivity contribution in [3.05, 3.63) is 65.0 Å². The molecule has 140 valence electrons. The molecule has 0 saturated carbocycles. The minimum absolute atomic E-state index is 0.000145. The number of halogens is 1. The van der Waals surface area contributed by atoms with Crippen molar-refractivity contribution in [2.45, 2.75) is 38.8 Å². The van der Waals surface area contributed by atoms with Crippen LogP contribution in [-0.4, -0.2) is 32.5 Å². The Morgan fingerprint density at radius 1 is 1.30 bits per heavy atom. The lowest BCUT2D eigenvalue weighted by atomic mass is 9.91. The largest absolute Gasteiger partial charge is 0.334 e. The second kappa shape index (κ2) is 7.35. The molecule has 1 atom stereocenters. The number of benzene rings is 2. The summed E-state index contributed by atoms with van der Waals surface area (Å²) in [5, 5.41) is 6.85. The van der Waals surface area contributed by atoms with Gasteiger partial charge in [-0.1, -0.05) is 36.4 Å². The maximum atomic E-state index is 12.7. The van der Waals surface area contributed by atoms with Crippen molar-refractivity contribution in [3.8, 4) is 0 Å². The molecule has 3 aromatic rings. The zero-order valence-electron chi connectivity index (χ0n) is 15.8. The quantitative estimate of drug-likeness (QED) is 0.640. The Hall–Kier alpha value is -2.33. The van der Waals surface area contributed by atoms with Crippen LogP contribution in [0.2, 0.25) is 0 Å². The molecule has 0 saturated heterocycles. The van der Waals surface area contributed by atoms with Crippen LogP contribution >= 0.6 is 11.6 Å². The van der Waals surface area contributed by atoms with E-state index < -0.39 is 0 Å². The smallest absolute Gasteiger partial charge is 0.238 e. The third-order valence-corrected chi connectivity index (χ3v) is 6.08. The number of hydrogen-bond acceptors (Lipinski definition) is 2. The lowest BCUT2D eigenvalue weighted by Gasteiger charge is -2.34. The third kappa shape index (κ3) is 3.34. The maximum absolute atomic E-state index is 12.7. The van der Waals surface area contributed by atoms with Gasteiger partial charge in [-0.3, -0.25) is 9.48 Å². The summed E-state index contributed by atoms with van der Waals surface area (Å²) >= 11 is 5.97. The average molecular weight is 382 g/mol. The van der Waals surface area contributed by atoms with E-state index in [2.05, 4.69) is 48.4 Å². The van der Waals surface area contributed by atoms with Crippen LogP contribution < -0.4 is 0 Å². The number of rotatable bonds is 4. The lowest BCUT2D eigenvalue weighted by Crippen LogP contribution is -2.44. The van der Waals surface area contributed by atoms with E-state index in [1.807, 2.05) is 22.8 Å². The summed E-state index contributed by atoms with van der Waals surface area (Å²) in [5.41, 5.74) is 4.95. The van der Waals surface area contributed by atoms with E-state index in [1.165, 1.54) is 33.2 Å². The molecular formula is C22H24ClN3O. The SMILES string of the molecule is Cc1c(CN(C(=O)CCl)C2CCc3cnn(C)c3C2)ccc2ccccc12. The number of aryl methyl sites for hydroxylation is 3. The molecule has 1 heterocycles. The monoisotopic (exact) mass is 381 g/mol. The van der Waals surface area contributed by atoms with Gasteiger partial charge in [0.1, 0.15) is 5.88 Å². The van der Waals surface area contributed by atoms with Crippen molar-refractivity contribution in [1.29, 1.82) is 0 Å². The van der Waals surface area contributed by atoms with Crippen LogP contribution in [0.1, 0.15) is 28.8 Å². The molecule has 1 unspecified atom stereocenters. The molecule has 0 radical (unpaired) electrons. The maximum Gasteiger partial charge on any atom is 0.238 e. The lowest BCUT2D eigenvalue weighted by molar-refractivity contribution is -0.131. The number of amides is 1. The first-order chi connectivity index (χ1) is 13.1. The van der Waals surface area contributed by atoms with E-state index in [0.717, 1.165) is 19.3 Å². The Kier molecular flexibility index (Phi) is 4.92. The molecule has 1 aliphatic carbocycles. The molecule has 0 bridgehead atoms. The molecule has 0 N–H and O–H groups in total. The summed E-state index contributed by atoms with van der Waals surface area (Å²) in [6.45, 7) is 2.74. The standard InChI is InChI=1S/C22H24ClN3O/c1-15-18(8-7-16-5-3-4-6-20(15)16)14-26(22(27)12-23)19-10-9-17-13-24-25(2)21(17)11-19/h3-8,13,19H,9-12,14H2,1-2H3. The van der Waals surface area contributed by atoms with Gasteiger partial charge in [0.2, 0.25) is 5.91 Å². The first kappa shape index (κ1) is 18.1. The van der Waals surface area contributed by atoms with E-state index in [-0.39, 0.29) is 17.8 Å². The number of carbonyl (C=O) groups is 1. The predicted molar refractivity (Wildman–Crippen MR) is 109 cm³/mol. The van der Waals surface area contributed by atoms with Gasteiger partial charge in [0.25, 0.3) is 0 Å². The first-order valence-corrected chi connectivity index (χ1v) is 9.94. The number of hydrogen-bond donors (Lipinski definition) is 0. The summed E-state index contributed by atoms with van der Waals surface area (Å²) in [6.07, 6.45) is 4.69. The van der Waals surface area contributed by atoms with Crippen molar-refractivity contribution in [2.24, 2.45) is 7.05 Å². The molecule has 1 amide bonds. The molecular weight excluding hydrogens is 358 g/mol. The van der Waals surface area contributed by atoms with Crippen molar-refractivity contribution in [1.82, 2.24) is 14.7 Å². The number of nitrogens with zero attached hydrogens (tertiary/aromatic N) is 3. The fraction of sp³-hybridized carbons (Fsp3) is 0.364. The molecule has 0 aliphatic heterocycles. The molecule has 2 aromatic carbocycles. The Labute approximate surface area is 164 Å². The Balaban J connectivity index is 1.65. The van der Waals surface area contributed by atoms with Crippen molar-refractivity contribution < 1.29 is 4.79 Å². The normalized spacial score (nSPS) is 16.3. The highest BCUT2D eigenvalue weighted by molar-refractivity contribution is 6.27. The molecule has 27 heavy (non-hydrogen) atoms. The predicted octanol–water partition coefficient (Wildman–Crippen LogP) is 4.01. The van der Waals surface area contributed by atoms with Gasteiger partial charge < -0.3 is 4.90 Å². The molecule has 0 fully saturated rings. The number of fused-ring (bicyclic) bond motifs is 2. The van der Waals surface area contributed by atoms with Gasteiger partial charge >= 0.3 is 0 Å². The number of aromatic nitrogens is 2. The number of carbonyl (C=O) groups excluding carboxylic acids is 1. The Bertz CT molecular complexity index is 994. The molecule has 5 heteroatoms. The summed E-state index contributed by atoms with van der Waals surface area (Å²) in [4.78, 5) is 14.7. The summed E-state index contributed by atoms with van der Waals surface area (Å²) < 4.78 is 1.94. The second-order valence-electron chi connectivity index (χ2n) is 7.36. The van der Waals surface area contributed by atoms with Gasteiger partial charge in [-0.25, -0.2) is 0 Å². The summed E-state index contributed by atoms with van der Waals surface area (Å²) in [5.74, 6) is 0.0151. The van der Waals surface area contributed by atoms with Crippen molar-refractivity contribution in [3.63, 3.8) is 0 Å². The van der Waals surface area contributed by atoms with Crippen LogP contribution in [0.4, 0.5) is 0 Å². The van der Waals surface area contributed by atoms with E-state index in [4.69, 9.17) is 11.6 Å². The minimum Gasteiger partial charge on any atom is -0.334 e. The Morgan fingerprint density at radius 2 is 2.11 bits per heavy atom. The van der Waals surface area contributed by atoms with E-state index >= 15 is 0 Å². The molecule has 0 spiro atoms. The molecule has 1 aromatic heterocycles. The number of alkyl halides is 1. The van der Waals surface area contributed by atoms with Crippen LogP contribution in [0.25, 0.3) is 10.8 Å². The summed E-state index contributed by atoms with van der Waals surface area (Å²) in [7, 11) is 1.97. The highest BCUT2D eigenvalue weighted by Gasteiger charge is 2.29. The Morgan fingerprint density at radius 3 is 2.93 bits per heavy atom. The molecule has 4 rings (SSSR count). The van der Waals surface area contributed by atoms with Crippen molar-refractivity contribution in [2.75, 3.05) is 5.88 Å². The molecule has 4 nitrogen and oxygen atoms in total. The van der Waals surface area contributed by atoms with Crippen LogP contribution in [0.5, 0.6) is 0 Å². The van der Waals surface area contributed by atoms with Crippen LogP contribution in [0, 0.1) is 6.92 Å². The van der Waals surface area contributed by atoms with Gasteiger partial charge in [-0.2, -0.15) is 5.10 Å². The van der Waals surface area contributed by atoms with Gasteiger partial charge in [-0.05, 0) is 47.2 Å². The van der Waals surface area contributed by atoms with Gasteiger partial charge in [0.05, 0.1) is 6.20 Å². The zero-order valence-corrected chi connectivity index (χ0v) is 16.5. The second-order valence-corrected chi connectivity index (χ2v) is 7.63. The van der Waals surface area contributed by atoms with Crippen LogP contribution in [0.15, 0.2) is 42.6 Å². The van der Waals surface area contributed by atoms with Gasteiger partial charge in [-0.15, -0.1) is 11.6 Å². The van der Waals surface area contributed by atoms with Crippen molar-refractivity contribution >= 4 is 28.3 Å². The van der Waals surface area contributed by atoms with E-state index in [0.29, 0.717) is 6.54 Å². The van der Waals surface area contributed by atoms with Crippen LogP contribution in [-0.2, 0) is 31.2 Å². The highest BCUT2D eigenvalue weighted by Crippen LogP contribution is 2.28. The van der Waals surface area contributed by atoms with E-state index in [9.17, 15) is 4.79 Å². The third-order valence-electron chi connectivity index (χ3n) is 5.85. The molecule has 1 aliphatic rings. The zero-order chi connectivity index (χ0) is 19.0. The summed E-state index contributed by atoms with van der Waals surface area (Å²) in [6, 6.07) is 12.8. The topological polar surface area (TPSA) is 38.1 Å². The minimum atomic E-state index is -0.000145. The highest BCUT2D eigenvalue weighted by atomic mass is 35.5. The van der Waals surface area contributed by atoms with Gasteiger partial charge in [0.15, 0.2) is 0 Å². The van der Waals surface area contributed by atoms with Crippen LogP contribution in [0.3, 0.4) is 0 Å². The average Bonchev–Trinajstić information content (AvgIpc) is 3.07. The fourth-order valence-electron chi connectivity index (χ4n) is 4.22. The fourth-order valence-corrected chi connectivity index (χ4v) is 4.37.